The minimum atomic E-state index is -4.81. The van der Waals surface area contributed by atoms with Gasteiger partial charge in [-0.25, -0.2) is 0 Å². The first-order chi connectivity index (χ1) is 9.71. The SMILES string of the molecule is NCC(=O)NCC(=O)Nc1ccc(OC(F)(F)F)c(Br)c1. The molecule has 0 unspecified atom stereocenters. The molecule has 0 radical (unpaired) electrons. The molecule has 116 valence electrons. The van der Waals surface area contributed by atoms with Gasteiger partial charge in [0.2, 0.25) is 11.8 Å². The number of carbonyl (C=O) groups excluding carboxylic acids is 2. The van der Waals surface area contributed by atoms with Crippen molar-refractivity contribution in [3.05, 3.63) is 22.7 Å². The first-order valence-corrected chi connectivity index (χ1v) is 6.32. The Bertz CT molecular complexity index is 537. The molecule has 0 heterocycles. The van der Waals surface area contributed by atoms with Crippen molar-refractivity contribution in [2.24, 2.45) is 5.73 Å². The molecule has 0 aliphatic carbocycles. The highest BCUT2D eigenvalue weighted by Gasteiger charge is 2.31. The van der Waals surface area contributed by atoms with Crippen LogP contribution in [0, 0.1) is 0 Å². The van der Waals surface area contributed by atoms with Gasteiger partial charge in [0.25, 0.3) is 0 Å². The van der Waals surface area contributed by atoms with Gasteiger partial charge in [-0.2, -0.15) is 0 Å². The van der Waals surface area contributed by atoms with Crippen LogP contribution in [0.15, 0.2) is 22.7 Å². The maximum Gasteiger partial charge on any atom is 0.573 e. The van der Waals surface area contributed by atoms with Gasteiger partial charge in [-0.15, -0.1) is 13.2 Å². The number of anilines is 1. The minimum Gasteiger partial charge on any atom is -0.405 e. The predicted molar refractivity (Wildman–Crippen MR) is 71.5 cm³/mol. The summed E-state index contributed by atoms with van der Waals surface area (Å²) in [5.41, 5.74) is 5.28. The Morgan fingerprint density at radius 2 is 1.95 bits per heavy atom. The Morgan fingerprint density at radius 1 is 1.29 bits per heavy atom. The smallest absolute Gasteiger partial charge is 0.405 e. The molecule has 0 atom stereocenters. The zero-order chi connectivity index (χ0) is 16.0. The van der Waals surface area contributed by atoms with Crippen molar-refractivity contribution in [3.63, 3.8) is 0 Å². The molecule has 10 heteroatoms. The maximum absolute atomic E-state index is 12.1. The average Bonchev–Trinajstić information content (AvgIpc) is 2.38. The van der Waals surface area contributed by atoms with Crippen LogP contribution >= 0.6 is 15.9 Å². The van der Waals surface area contributed by atoms with Crippen molar-refractivity contribution in [2.45, 2.75) is 6.36 Å². The summed E-state index contributed by atoms with van der Waals surface area (Å²) >= 11 is 2.90. The predicted octanol–water partition coefficient (Wildman–Crippen LogP) is 1.36. The monoisotopic (exact) mass is 369 g/mol. The van der Waals surface area contributed by atoms with Crippen molar-refractivity contribution < 1.29 is 27.5 Å². The van der Waals surface area contributed by atoms with E-state index in [2.05, 4.69) is 31.3 Å². The molecule has 2 amide bonds. The molecule has 0 bridgehead atoms. The lowest BCUT2D eigenvalue weighted by molar-refractivity contribution is -0.274. The van der Waals surface area contributed by atoms with E-state index in [1.807, 2.05) is 0 Å². The molecular weight excluding hydrogens is 359 g/mol. The van der Waals surface area contributed by atoms with E-state index in [9.17, 15) is 22.8 Å². The second-order valence-corrected chi connectivity index (χ2v) is 4.58. The van der Waals surface area contributed by atoms with Crippen molar-refractivity contribution >= 4 is 33.4 Å². The molecule has 0 saturated carbocycles. The maximum atomic E-state index is 12.1. The zero-order valence-electron chi connectivity index (χ0n) is 10.5. The molecule has 4 N–H and O–H groups in total. The van der Waals surface area contributed by atoms with Gasteiger partial charge >= 0.3 is 6.36 Å². The Morgan fingerprint density at radius 3 is 2.48 bits per heavy atom. The number of hydrogen-bond acceptors (Lipinski definition) is 4. The van der Waals surface area contributed by atoms with E-state index in [1.165, 1.54) is 12.1 Å². The quantitative estimate of drug-likeness (QED) is 0.730. The average molecular weight is 370 g/mol. The van der Waals surface area contributed by atoms with Crippen LogP contribution in [0.2, 0.25) is 0 Å². The highest BCUT2D eigenvalue weighted by molar-refractivity contribution is 9.10. The highest BCUT2D eigenvalue weighted by atomic mass is 79.9. The number of halogens is 4. The van der Waals surface area contributed by atoms with E-state index in [4.69, 9.17) is 5.73 Å². The number of amides is 2. The fraction of sp³-hybridized carbons (Fsp3) is 0.273. The van der Waals surface area contributed by atoms with Crippen LogP contribution in [0.5, 0.6) is 5.75 Å². The Balaban J connectivity index is 2.63. The molecule has 0 aromatic heterocycles. The van der Waals surface area contributed by atoms with E-state index in [1.54, 1.807) is 0 Å². The molecule has 1 aromatic carbocycles. The van der Waals surface area contributed by atoms with Crippen LogP contribution in [-0.2, 0) is 9.59 Å². The van der Waals surface area contributed by atoms with Crippen molar-refractivity contribution in [3.8, 4) is 5.75 Å². The molecule has 21 heavy (non-hydrogen) atoms. The lowest BCUT2D eigenvalue weighted by Crippen LogP contribution is -2.36. The van der Waals surface area contributed by atoms with Gasteiger partial charge in [-0.05, 0) is 34.1 Å². The zero-order valence-corrected chi connectivity index (χ0v) is 12.0. The van der Waals surface area contributed by atoms with Crippen molar-refractivity contribution in [1.29, 1.82) is 0 Å². The summed E-state index contributed by atoms with van der Waals surface area (Å²) in [7, 11) is 0. The van der Waals surface area contributed by atoms with E-state index in [0.29, 0.717) is 0 Å². The highest BCUT2D eigenvalue weighted by Crippen LogP contribution is 2.32. The Kier molecular flexibility index (Phi) is 5.97. The topological polar surface area (TPSA) is 93.5 Å². The molecular formula is C11H11BrF3N3O3. The number of hydrogen-bond donors (Lipinski definition) is 3. The Labute approximate surface area is 125 Å². The van der Waals surface area contributed by atoms with Crippen LogP contribution in [-0.4, -0.2) is 31.3 Å². The molecule has 1 rings (SSSR count). The van der Waals surface area contributed by atoms with Gasteiger partial charge in [0.05, 0.1) is 17.6 Å². The van der Waals surface area contributed by atoms with Crippen LogP contribution in [0.25, 0.3) is 0 Å². The standard InChI is InChI=1S/C11H11BrF3N3O3/c12-7-3-6(1-2-8(7)21-11(13,14)15)18-10(20)5-17-9(19)4-16/h1-3H,4-5,16H2,(H,17,19)(H,18,20). The van der Waals surface area contributed by atoms with Gasteiger partial charge in [0.15, 0.2) is 0 Å². The van der Waals surface area contributed by atoms with Crippen molar-refractivity contribution in [1.82, 2.24) is 5.32 Å². The number of benzene rings is 1. The van der Waals surface area contributed by atoms with Crippen LogP contribution < -0.4 is 21.1 Å². The number of carbonyl (C=O) groups is 2. The van der Waals surface area contributed by atoms with Gasteiger partial charge in [0, 0.05) is 5.69 Å². The number of rotatable bonds is 5. The summed E-state index contributed by atoms with van der Waals surface area (Å²) < 4.78 is 40.0. The molecule has 0 saturated heterocycles. The first-order valence-electron chi connectivity index (χ1n) is 5.53. The van der Waals surface area contributed by atoms with E-state index in [-0.39, 0.29) is 23.2 Å². The van der Waals surface area contributed by atoms with E-state index in [0.717, 1.165) is 6.07 Å². The number of nitrogens with one attached hydrogen (secondary N) is 2. The van der Waals surface area contributed by atoms with Crippen molar-refractivity contribution in [2.75, 3.05) is 18.4 Å². The fourth-order valence-electron chi connectivity index (χ4n) is 1.24. The van der Waals surface area contributed by atoms with Crippen LogP contribution in [0.1, 0.15) is 0 Å². The molecule has 1 aromatic rings. The number of ether oxygens (including phenoxy) is 1. The second-order valence-electron chi connectivity index (χ2n) is 3.72. The Hall–Kier alpha value is -1.81. The number of nitrogens with two attached hydrogens (primary N) is 1. The van der Waals surface area contributed by atoms with Crippen LogP contribution in [0.3, 0.4) is 0 Å². The summed E-state index contributed by atoms with van der Waals surface area (Å²) in [4.78, 5) is 22.3. The lowest BCUT2D eigenvalue weighted by Gasteiger charge is -2.12. The van der Waals surface area contributed by atoms with Gasteiger partial charge in [-0.1, -0.05) is 0 Å². The summed E-state index contributed by atoms with van der Waals surface area (Å²) in [6.07, 6.45) is -4.81. The van der Waals surface area contributed by atoms with Gasteiger partial charge in [-0.3, -0.25) is 9.59 Å². The van der Waals surface area contributed by atoms with Gasteiger partial charge in [0.1, 0.15) is 5.75 Å². The molecule has 6 nitrogen and oxygen atoms in total. The molecule has 0 fully saturated rings. The summed E-state index contributed by atoms with van der Waals surface area (Å²) in [5, 5.41) is 4.64. The third-order valence-corrected chi connectivity index (χ3v) is 2.69. The normalized spacial score (nSPS) is 10.9. The van der Waals surface area contributed by atoms with E-state index < -0.39 is 23.9 Å². The fourth-order valence-corrected chi connectivity index (χ4v) is 1.70. The third-order valence-electron chi connectivity index (χ3n) is 2.07. The summed E-state index contributed by atoms with van der Waals surface area (Å²) in [6, 6.07) is 3.52. The third kappa shape index (κ3) is 6.45. The summed E-state index contributed by atoms with van der Waals surface area (Å²) in [6.45, 7) is -0.545. The first kappa shape index (κ1) is 17.2. The largest absolute Gasteiger partial charge is 0.573 e. The lowest BCUT2D eigenvalue weighted by atomic mass is 10.3. The van der Waals surface area contributed by atoms with E-state index >= 15 is 0 Å². The molecule has 0 aliphatic rings. The number of alkyl halides is 3. The summed E-state index contributed by atoms with van der Waals surface area (Å²) in [5.74, 6) is -1.48. The molecule has 0 aliphatic heterocycles. The molecule has 0 spiro atoms. The minimum absolute atomic E-state index is 0.0172. The van der Waals surface area contributed by atoms with Gasteiger partial charge < -0.3 is 21.1 Å². The second kappa shape index (κ2) is 7.27. The van der Waals surface area contributed by atoms with Crippen LogP contribution in [0.4, 0.5) is 18.9 Å².